The van der Waals surface area contributed by atoms with Gasteiger partial charge in [0.15, 0.2) is 0 Å². The van der Waals surface area contributed by atoms with E-state index in [-0.39, 0.29) is 0 Å². The van der Waals surface area contributed by atoms with Crippen molar-refractivity contribution in [1.29, 1.82) is 0 Å². The molecule has 0 saturated carbocycles. The van der Waals surface area contributed by atoms with Crippen molar-refractivity contribution in [1.82, 2.24) is 4.98 Å². The third-order valence-corrected chi connectivity index (χ3v) is 4.46. The standard InChI is InChI=1S/C16H19BrN2/c17-10-8-13-5-3-4-12-19(13)16-9-11-18-15-7-2-1-6-14(15)16/h1-2,6-7,9,11,13H,3-5,8,10,12H2. The predicted molar refractivity (Wildman–Crippen MR) is 85.1 cm³/mol. The van der Waals surface area contributed by atoms with E-state index >= 15 is 0 Å². The van der Waals surface area contributed by atoms with Crippen molar-refractivity contribution in [3.05, 3.63) is 36.5 Å². The number of hydrogen-bond donors (Lipinski definition) is 0. The number of hydrogen-bond acceptors (Lipinski definition) is 2. The van der Waals surface area contributed by atoms with E-state index < -0.39 is 0 Å². The van der Waals surface area contributed by atoms with Gasteiger partial charge in [-0.3, -0.25) is 4.98 Å². The maximum atomic E-state index is 4.47. The number of benzene rings is 1. The summed E-state index contributed by atoms with van der Waals surface area (Å²) < 4.78 is 0. The van der Waals surface area contributed by atoms with E-state index in [0.29, 0.717) is 6.04 Å². The van der Waals surface area contributed by atoms with Gasteiger partial charge in [-0.05, 0) is 37.8 Å². The Balaban J connectivity index is 2.02. The SMILES string of the molecule is BrCCC1CCCCN1c1ccnc2ccccc12. The third kappa shape index (κ3) is 2.62. The monoisotopic (exact) mass is 318 g/mol. The second-order valence-corrected chi connectivity index (χ2v) is 5.96. The molecule has 2 nitrogen and oxygen atoms in total. The highest BCUT2D eigenvalue weighted by molar-refractivity contribution is 9.09. The largest absolute Gasteiger partial charge is 0.368 e. The summed E-state index contributed by atoms with van der Waals surface area (Å²) in [6.07, 6.45) is 7.13. The van der Waals surface area contributed by atoms with Gasteiger partial charge in [0.1, 0.15) is 0 Å². The van der Waals surface area contributed by atoms with Crippen LogP contribution in [-0.2, 0) is 0 Å². The molecule has 1 unspecified atom stereocenters. The summed E-state index contributed by atoms with van der Waals surface area (Å²) >= 11 is 3.60. The molecule has 1 aliphatic heterocycles. The van der Waals surface area contributed by atoms with Crippen molar-refractivity contribution < 1.29 is 0 Å². The van der Waals surface area contributed by atoms with E-state index in [4.69, 9.17) is 0 Å². The smallest absolute Gasteiger partial charge is 0.0722 e. The van der Waals surface area contributed by atoms with Crippen molar-refractivity contribution in [2.45, 2.75) is 31.7 Å². The number of piperidine rings is 1. The molecule has 0 radical (unpaired) electrons. The number of alkyl halides is 1. The number of pyridine rings is 1. The molecule has 0 spiro atoms. The molecule has 2 aromatic rings. The summed E-state index contributed by atoms with van der Waals surface area (Å²) in [4.78, 5) is 7.06. The van der Waals surface area contributed by atoms with Gasteiger partial charge in [-0.1, -0.05) is 34.1 Å². The molecule has 1 aromatic heterocycles. The van der Waals surface area contributed by atoms with E-state index in [9.17, 15) is 0 Å². The zero-order chi connectivity index (χ0) is 13.1. The average molecular weight is 319 g/mol. The molecule has 3 rings (SSSR count). The van der Waals surface area contributed by atoms with Crippen LogP contribution in [-0.4, -0.2) is 22.9 Å². The summed E-state index contributed by atoms with van der Waals surface area (Å²) in [5.41, 5.74) is 2.46. The number of nitrogens with zero attached hydrogens (tertiary/aromatic N) is 2. The molecule has 0 amide bonds. The summed E-state index contributed by atoms with van der Waals surface area (Å²) in [5.74, 6) is 0. The molecule has 0 aliphatic carbocycles. The van der Waals surface area contributed by atoms with Crippen LogP contribution in [0.3, 0.4) is 0 Å². The Morgan fingerprint density at radius 3 is 3.00 bits per heavy atom. The van der Waals surface area contributed by atoms with Crippen LogP contribution in [0.2, 0.25) is 0 Å². The first-order valence-electron chi connectivity index (χ1n) is 7.06. The predicted octanol–water partition coefficient (Wildman–Crippen LogP) is 4.38. The number of aromatic nitrogens is 1. The lowest BCUT2D eigenvalue weighted by Crippen LogP contribution is -2.40. The van der Waals surface area contributed by atoms with Crippen LogP contribution in [0.25, 0.3) is 10.9 Å². The van der Waals surface area contributed by atoms with Gasteiger partial charge in [-0.15, -0.1) is 0 Å². The Kier molecular flexibility index (Phi) is 4.02. The minimum atomic E-state index is 0.666. The Bertz CT molecular complexity index is 548. The summed E-state index contributed by atoms with van der Waals surface area (Å²) in [5, 5.41) is 2.36. The van der Waals surface area contributed by atoms with Crippen LogP contribution in [0.15, 0.2) is 36.5 Å². The Morgan fingerprint density at radius 1 is 1.21 bits per heavy atom. The molecule has 2 heterocycles. The highest BCUT2D eigenvalue weighted by atomic mass is 79.9. The highest BCUT2D eigenvalue weighted by Crippen LogP contribution is 2.31. The Morgan fingerprint density at radius 2 is 2.11 bits per heavy atom. The quantitative estimate of drug-likeness (QED) is 0.781. The van der Waals surface area contributed by atoms with Crippen LogP contribution in [0.1, 0.15) is 25.7 Å². The van der Waals surface area contributed by atoms with Gasteiger partial charge < -0.3 is 4.90 Å². The zero-order valence-corrected chi connectivity index (χ0v) is 12.6. The summed E-state index contributed by atoms with van der Waals surface area (Å²) in [7, 11) is 0. The van der Waals surface area contributed by atoms with Gasteiger partial charge in [0.05, 0.1) is 5.52 Å². The van der Waals surface area contributed by atoms with Gasteiger partial charge in [0, 0.05) is 35.2 Å². The minimum Gasteiger partial charge on any atom is -0.368 e. The fourth-order valence-corrected chi connectivity index (χ4v) is 3.60. The van der Waals surface area contributed by atoms with Gasteiger partial charge in [0.25, 0.3) is 0 Å². The molecule has 100 valence electrons. The van der Waals surface area contributed by atoms with Crippen molar-refractivity contribution in [3.8, 4) is 0 Å². The van der Waals surface area contributed by atoms with Crippen LogP contribution in [0, 0.1) is 0 Å². The Hall–Kier alpha value is -1.09. The maximum Gasteiger partial charge on any atom is 0.0722 e. The fraction of sp³-hybridized carbons (Fsp3) is 0.438. The van der Waals surface area contributed by atoms with Gasteiger partial charge in [0.2, 0.25) is 0 Å². The highest BCUT2D eigenvalue weighted by Gasteiger charge is 2.23. The van der Waals surface area contributed by atoms with Gasteiger partial charge >= 0.3 is 0 Å². The lowest BCUT2D eigenvalue weighted by molar-refractivity contribution is 0.453. The first-order valence-corrected chi connectivity index (χ1v) is 8.18. The Labute approximate surface area is 123 Å². The van der Waals surface area contributed by atoms with Crippen LogP contribution in [0.5, 0.6) is 0 Å². The normalized spacial score (nSPS) is 19.8. The van der Waals surface area contributed by atoms with Crippen molar-refractivity contribution in [2.24, 2.45) is 0 Å². The summed E-state index contributed by atoms with van der Waals surface area (Å²) in [6, 6.07) is 11.3. The lowest BCUT2D eigenvalue weighted by atomic mass is 9.98. The number of anilines is 1. The van der Waals surface area contributed by atoms with Gasteiger partial charge in [-0.25, -0.2) is 0 Å². The molecule has 1 aliphatic rings. The first-order chi connectivity index (χ1) is 9.40. The lowest BCUT2D eigenvalue weighted by Gasteiger charge is -2.38. The number of rotatable bonds is 3. The molecule has 19 heavy (non-hydrogen) atoms. The van der Waals surface area contributed by atoms with E-state index in [1.807, 2.05) is 6.20 Å². The molecule has 0 bridgehead atoms. The zero-order valence-electron chi connectivity index (χ0n) is 11.1. The summed E-state index contributed by atoms with van der Waals surface area (Å²) in [6.45, 7) is 1.17. The van der Waals surface area contributed by atoms with Crippen molar-refractivity contribution in [3.63, 3.8) is 0 Å². The molecule has 0 N–H and O–H groups in total. The van der Waals surface area contributed by atoms with E-state index in [1.165, 1.54) is 43.3 Å². The maximum absolute atomic E-state index is 4.47. The molecule has 3 heteroatoms. The number of para-hydroxylation sites is 1. The van der Waals surface area contributed by atoms with E-state index in [1.54, 1.807) is 0 Å². The second-order valence-electron chi connectivity index (χ2n) is 5.17. The van der Waals surface area contributed by atoms with Crippen LogP contribution >= 0.6 is 15.9 Å². The molecular weight excluding hydrogens is 300 g/mol. The minimum absolute atomic E-state index is 0.666. The molecule has 1 atom stereocenters. The van der Waals surface area contributed by atoms with Gasteiger partial charge in [-0.2, -0.15) is 0 Å². The first kappa shape index (κ1) is 12.9. The fourth-order valence-electron chi connectivity index (χ4n) is 3.08. The topological polar surface area (TPSA) is 16.1 Å². The third-order valence-electron chi connectivity index (χ3n) is 4.00. The number of fused-ring (bicyclic) bond motifs is 1. The molecule has 1 aromatic carbocycles. The molecular formula is C16H19BrN2. The van der Waals surface area contributed by atoms with E-state index in [0.717, 1.165) is 10.8 Å². The van der Waals surface area contributed by atoms with Crippen LogP contribution in [0.4, 0.5) is 5.69 Å². The van der Waals surface area contributed by atoms with Crippen LogP contribution < -0.4 is 4.90 Å². The molecule has 1 fully saturated rings. The number of halogens is 1. The molecule has 1 saturated heterocycles. The van der Waals surface area contributed by atoms with E-state index in [2.05, 4.69) is 56.1 Å². The average Bonchev–Trinajstić information content (AvgIpc) is 2.48. The second kappa shape index (κ2) is 5.91. The van der Waals surface area contributed by atoms with Crippen molar-refractivity contribution >= 4 is 32.5 Å². The van der Waals surface area contributed by atoms with Crippen molar-refractivity contribution in [2.75, 3.05) is 16.8 Å².